The highest BCUT2D eigenvalue weighted by atomic mass is 127. The van der Waals surface area contributed by atoms with Gasteiger partial charge >= 0.3 is 0 Å². The molecule has 0 atom stereocenters. The SMILES string of the molecule is O=C(Nc1ccn(CCc2ccncc2)n1)c1cccn1-c1cccc(I)c1. The Morgan fingerprint density at radius 2 is 1.89 bits per heavy atom. The zero-order chi connectivity index (χ0) is 19.3. The first kappa shape index (κ1) is 18.4. The van der Waals surface area contributed by atoms with Gasteiger partial charge in [-0.3, -0.25) is 14.5 Å². The largest absolute Gasteiger partial charge is 0.312 e. The van der Waals surface area contributed by atoms with E-state index in [1.54, 1.807) is 18.5 Å². The second kappa shape index (κ2) is 8.39. The highest BCUT2D eigenvalue weighted by Gasteiger charge is 2.13. The fraction of sp³-hybridized carbons (Fsp3) is 0.0952. The van der Waals surface area contributed by atoms with E-state index in [2.05, 4.69) is 38.0 Å². The molecular weight excluding hydrogens is 465 g/mol. The molecule has 28 heavy (non-hydrogen) atoms. The molecule has 3 heterocycles. The van der Waals surface area contributed by atoms with Gasteiger partial charge in [0.2, 0.25) is 0 Å². The second-order valence-electron chi connectivity index (χ2n) is 6.27. The van der Waals surface area contributed by atoms with Crippen LogP contribution in [-0.2, 0) is 13.0 Å². The van der Waals surface area contributed by atoms with Gasteiger partial charge in [0.25, 0.3) is 5.91 Å². The smallest absolute Gasteiger partial charge is 0.273 e. The lowest BCUT2D eigenvalue weighted by atomic mass is 10.2. The van der Waals surface area contributed by atoms with Crippen LogP contribution >= 0.6 is 22.6 Å². The topological polar surface area (TPSA) is 64.7 Å². The van der Waals surface area contributed by atoms with Crippen LogP contribution in [0.1, 0.15) is 16.1 Å². The van der Waals surface area contributed by atoms with E-state index in [4.69, 9.17) is 0 Å². The summed E-state index contributed by atoms with van der Waals surface area (Å²) in [6.45, 7) is 0.735. The number of aromatic nitrogens is 4. The van der Waals surface area contributed by atoms with Crippen LogP contribution in [0, 0.1) is 3.57 Å². The van der Waals surface area contributed by atoms with Gasteiger partial charge in [-0.15, -0.1) is 0 Å². The summed E-state index contributed by atoms with van der Waals surface area (Å²) in [4.78, 5) is 16.8. The number of hydrogen-bond acceptors (Lipinski definition) is 3. The summed E-state index contributed by atoms with van der Waals surface area (Å²) in [6, 6.07) is 17.5. The van der Waals surface area contributed by atoms with Crippen molar-refractivity contribution in [2.24, 2.45) is 0 Å². The fourth-order valence-electron chi connectivity index (χ4n) is 2.94. The number of anilines is 1. The number of amides is 1. The van der Waals surface area contributed by atoms with Crippen LogP contribution < -0.4 is 5.32 Å². The molecule has 3 aromatic heterocycles. The number of hydrogen-bond donors (Lipinski definition) is 1. The zero-order valence-electron chi connectivity index (χ0n) is 15.0. The summed E-state index contributed by atoms with van der Waals surface area (Å²) in [5.74, 6) is 0.346. The summed E-state index contributed by atoms with van der Waals surface area (Å²) in [5.41, 5.74) is 2.71. The Hall–Kier alpha value is -2.94. The van der Waals surface area contributed by atoms with Crippen LogP contribution in [0.4, 0.5) is 5.82 Å². The summed E-state index contributed by atoms with van der Waals surface area (Å²) in [7, 11) is 0. The zero-order valence-corrected chi connectivity index (χ0v) is 17.2. The Balaban J connectivity index is 1.44. The number of rotatable bonds is 6. The minimum absolute atomic E-state index is 0.191. The molecule has 6 nitrogen and oxygen atoms in total. The average molecular weight is 483 g/mol. The minimum Gasteiger partial charge on any atom is -0.312 e. The quantitative estimate of drug-likeness (QED) is 0.419. The molecule has 0 bridgehead atoms. The molecule has 4 aromatic rings. The average Bonchev–Trinajstić information content (AvgIpc) is 3.37. The van der Waals surface area contributed by atoms with Crippen molar-refractivity contribution in [1.29, 1.82) is 0 Å². The van der Waals surface area contributed by atoms with E-state index in [0.717, 1.165) is 22.2 Å². The van der Waals surface area contributed by atoms with Gasteiger partial charge < -0.3 is 9.88 Å². The monoisotopic (exact) mass is 483 g/mol. The predicted molar refractivity (Wildman–Crippen MR) is 117 cm³/mol. The van der Waals surface area contributed by atoms with Gasteiger partial charge in [-0.05, 0) is 77.0 Å². The van der Waals surface area contributed by atoms with Crippen LogP contribution in [0.5, 0.6) is 0 Å². The number of pyridine rings is 1. The summed E-state index contributed by atoms with van der Waals surface area (Å²) < 4.78 is 4.81. The van der Waals surface area contributed by atoms with Crippen molar-refractivity contribution in [3.05, 3.63) is 94.2 Å². The molecule has 4 rings (SSSR count). The standard InChI is InChI=1S/C21H18IN5O/c22-17-3-1-4-18(15-17)27-12-2-5-19(27)21(28)24-20-9-14-26(25-20)13-8-16-6-10-23-11-7-16/h1-7,9-12,14-15H,8,13H2,(H,24,25,28). The Kier molecular flexibility index (Phi) is 5.52. The summed E-state index contributed by atoms with van der Waals surface area (Å²) in [6.07, 6.45) is 8.18. The Labute approximate surface area is 176 Å². The van der Waals surface area contributed by atoms with Crippen molar-refractivity contribution in [3.63, 3.8) is 0 Å². The molecule has 1 amide bonds. The maximum absolute atomic E-state index is 12.8. The number of nitrogens with one attached hydrogen (secondary N) is 1. The highest BCUT2D eigenvalue weighted by molar-refractivity contribution is 14.1. The molecular formula is C21H18IN5O. The third-order valence-corrected chi connectivity index (χ3v) is 5.00. The molecule has 0 aliphatic carbocycles. The molecule has 1 aromatic carbocycles. The van der Waals surface area contributed by atoms with Crippen molar-refractivity contribution in [2.75, 3.05) is 5.32 Å². The van der Waals surface area contributed by atoms with E-state index >= 15 is 0 Å². The molecule has 7 heteroatoms. The van der Waals surface area contributed by atoms with E-state index in [-0.39, 0.29) is 5.91 Å². The van der Waals surface area contributed by atoms with E-state index in [1.807, 2.05) is 70.2 Å². The normalized spacial score (nSPS) is 10.8. The molecule has 1 N–H and O–H groups in total. The predicted octanol–water partition coefficient (Wildman–Crippen LogP) is 4.17. The molecule has 0 saturated heterocycles. The molecule has 0 aliphatic heterocycles. The highest BCUT2D eigenvalue weighted by Crippen LogP contribution is 2.17. The van der Waals surface area contributed by atoms with Crippen molar-refractivity contribution in [1.82, 2.24) is 19.3 Å². The van der Waals surface area contributed by atoms with Gasteiger partial charge in [0.1, 0.15) is 5.69 Å². The molecule has 140 valence electrons. The molecule has 0 unspecified atom stereocenters. The number of carbonyl (C=O) groups is 1. The summed E-state index contributed by atoms with van der Waals surface area (Å²) in [5, 5.41) is 7.33. The van der Waals surface area contributed by atoms with Gasteiger partial charge in [0.15, 0.2) is 5.82 Å². The van der Waals surface area contributed by atoms with Crippen LogP contribution in [0.3, 0.4) is 0 Å². The molecule has 0 saturated carbocycles. The first-order chi connectivity index (χ1) is 13.7. The van der Waals surface area contributed by atoms with Crippen LogP contribution in [0.2, 0.25) is 0 Å². The molecule has 0 fully saturated rings. The Bertz CT molecular complexity index is 1090. The maximum atomic E-state index is 12.8. The van der Waals surface area contributed by atoms with Gasteiger partial charge in [0.05, 0.1) is 0 Å². The van der Waals surface area contributed by atoms with Crippen LogP contribution in [0.15, 0.2) is 79.4 Å². The van der Waals surface area contributed by atoms with Crippen molar-refractivity contribution >= 4 is 34.3 Å². The van der Waals surface area contributed by atoms with Crippen LogP contribution in [-0.4, -0.2) is 25.2 Å². The lowest BCUT2D eigenvalue weighted by molar-refractivity contribution is 0.102. The first-order valence-corrected chi connectivity index (χ1v) is 9.94. The van der Waals surface area contributed by atoms with Gasteiger partial charge in [-0.25, -0.2) is 0 Å². The van der Waals surface area contributed by atoms with Gasteiger partial charge in [0, 0.05) is 46.7 Å². The number of nitrogens with zero attached hydrogens (tertiary/aromatic N) is 4. The van der Waals surface area contributed by atoms with E-state index < -0.39 is 0 Å². The van der Waals surface area contributed by atoms with E-state index in [0.29, 0.717) is 11.5 Å². The first-order valence-electron chi connectivity index (χ1n) is 8.86. The minimum atomic E-state index is -0.191. The van der Waals surface area contributed by atoms with Gasteiger partial charge in [-0.1, -0.05) is 6.07 Å². The van der Waals surface area contributed by atoms with Crippen molar-refractivity contribution < 1.29 is 4.79 Å². The third kappa shape index (κ3) is 4.30. The van der Waals surface area contributed by atoms with E-state index in [9.17, 15) is 4.79 Å². The number of aryl methyl sites for hydroxylation is 2. The fourth-order valence-corrected chi connectivity index (χ4v) is 3.47. The number of carbonyl (C=O) groups excluding carboxylic acids is 1. The number of benzene rings is 1. The maximum Gasteiger partial charge on any atom is 0.273 e. The van der Waals surface area contributed by atoms with Crippen LogP contribution in [0.25, 0.3) is 5.69 Å². The summed E-state index contributed by atoms with van der Waals surface area (Å²) >= 11 is 2.26. The number of halogens is 1. The lowest BCUT2D eigenvalue weighted by Gasteiger charge is -2.09. The Morgan fingerprint density at radius 1 is 1.04 bits per heavy atom. The van der Waals surface area contributed by atoms with Crippen molar-refractivity contribution in [2.45, 2.75) is 13.0 Å². The molecule has 0 spiro atoms. The van der Waals surface area contributed by atoms with Crippen molar-refractivity contribution in [3.8, 4) is 5.69 Å². The Morgan fingerprint density at radius 3 is 2.71 bits per heavy atom. The molecule has 0 aliphatic rings. The second-order valence-corrected chi connectivity index (χ2v) is 7.51. The molecule has 0 radical (unpaired) electrons. The third-order valence-electron chi connectivity index (χ3n) is 4.33. The van der Waals surface area contributed by atoms with Gasteiger partial charge in [-0.2, -0.15) is 5.10 Å². The van der Waals surface area contributed by atoms with E-state index in [1.165, 1.54) is 5.56 Å². The lowest BCUT2D eigenvalue weighted by Crippen LogP contribution is -2.16.